The molecule has 1 N–H and O–H groups in total. The maximum atomic E-state index is 12.4. The Labute approximate surface area is 167 Å². The van der Waals surface area contributed by atoms with Crippen LogP contribution in [0.3, 0.4) is 0 Å². The minimum absolute atomic E-state index is 0.00541. The molecule has 2 fully saturated rings. The first-order chi connectivity index (χ1) is 12.6. The molecule has 0 saturated carbocycles. The maximum Gasteiger partial charge on any atom is 0.252 e. The molecule has 1 aromatic rings. The number of benzene rings is 1. The van der Waals surface area contributed by atoms with Crippen LogP contribution in [0.2, 0.25) is 0 Å². The van der Waals surface area contributed by atoms with Crippen LogP contribution in [0.15, 0.2) is 24.3 Å². The molecule has 2 heterocycles. The molecule has 0 spiro atoms. The minimum Gasteiger partial charge on any atom is -0.343 e. The van der Waals surface area contributed by atoms with E-state index in [-0.39, 0.29) is 30.2 Å². The third kappa shape index (κ3) is 4.55. The number of amides is 3. The average molecular weight is 469 g/mol. The molecule has 0 aromatic heterocycles. The summed E-state index contributed by atoms with van der Waals surface area (Å²) in [6.45, 7) is 2.92. The molecule has 1 aromatic carbocycles. The highest BCUT2D eigenvalue weighted by atomic mass is 127. The number of hydrogen-bond donors (Lipinski definition) is 1. The molecule has 7 heteroatoms. The maximum absolute atomic E-state index is 12.4. The number of carbonyl (C=O) groups is 3. The van der Waals surface area contributed by atoms with Gasteiger partial charge in [0.15, 0.2) is 0 Å². The molecule has 6 nitrogen and oxygen atoms in total. The minimum atomic E-state index is -0.234. The molecule has 2 saturated heterocycles. The van der Waals surface area contributed by atoms with Gasteiger partial charge in [0, 0.05) is 35.7 Å². The summed E-state index contributed by atoms with van der Waals surface area (Å²) in [4.78, 5) is 40.7. The van der Waals surface area contributed by atoms with E-state index < -0.39 is 0 Å². The Hall–Kier alpha value is -1.64. The van der Waals surface area contributed by atoms with E-state index in [1.54, 1.807) is 17.0 Å². The Bertz CT molecular complexity index is 680. The number of nitrogens with zero attached hydrogens (tertiary/aromatic N) is 2. The number of piperidine rings is 1. The van der Waals surface area contributed by atoms with Crippen molar-refractivity contribution in [3.05, 3.63) is 33.4 Å². The molecule has 2 aliphatic rings. The molecule has 3 rings (SSSR count). The number of nitrogens with one attached hydrogen (secondary N) is 1. The summed E-state index contributed by atoms with van der Waals surface area (Å²) in [7, 11) is 0. The second kappa shape index (κ2) is 8.83. The molecular formula is C19H24IN3O3. The zero-order chi connectivity index (χ0) is 18.5. The second-order valence-electron chi connectivity index (χ2n) is 6.85. The van der Waals surface area contributed by atoms with Gasteiger partial charge in [-0.3, -0.25) is 14.4 Å². The average Bonchev–Trinajstić information content (AvgIpc) is 3.20. The van der Waals surface area contributed by atoms with Crippen LogP contribution in [0.4, 0.5) is 0 Å². The van der Waals surface area contributed by atoms with Gasteiger partial charge in [-0.15, -0.1) is 0 Å². The van der Waals surface area contributed by atoms with Crippen molar-refractivity contribution < 1.29 is 14.4 Å². The molecule has 26 heavy (non-hydrogen) atoms. The van der Waals surface area contributed by atoms with Gasteiger partial charge in [-0.25, -0.2) is 0 Å². The summed E-state index contributed by atoms with van der Waals surface area (Å²) in [6, 6.07) is 7.29. The van der Waals surface area contributed by atoms with Crippen LogP contribution >= 0.6 is 22.6 Å². The number of halogens is 1. The Morgan fingerprint density at radius 1 is 1.00 bits per heavy atom. The third-order valence-corrected chi connectivity index (χ3v) is 6.07. The van der Waals surface area contributed by atoms with Gasteiger partial charge in [0.2, 0.25) is 11.8 Å². The molecule has 0 bridgehead atoms. The van der Waals surface area contributed by atoms with Gasteiger partial charge in [-0.2, -0.15) is 0 Å². The van der Waals surface area contributed by atoms with Crippen molar-refractivity contribution in [2.45, 2.75) is 25.7 Å². The van der Waals surface area contributed by atoms with Gasteiger partial charge in [0.25, 0.3) is 5.91 Å². The normalized spacial score (nSPS) is 18.0. The summed E-state index contributed by atoms with van der Waals surface area (Å²) in [6.07, 6.45) is 3.63. The van der Waals surface area contributed by atoms with Crippen molar-refractivity contribution in [1.82, 2.24) is 15.1 Å². The Morgan fingerprint density at radius 3 is 2.31 bits per heavy atom. The van der Waals surface area contributed by atoms with Crippen LogP contribution in [-0.4, -0.2) is 60.2 Å². The molecule has 0 aliphatic carbocycles. The first-order valence-electron chi connectivity index (χ1n) is 9.15. The van der Waals surface area contributed by atoms with E-state index in [2.05, 4.69) is 27.9 Å². The predicted molar refractivity (Wildman–Crippen MR) is 107 cm³/mol. The SMILES string of the molecule is O=C(NCC(=O)N1CCC(C(=O)N2CCCC2)CC1)c1ccccc1I. The monoisotopic (exact) mass is 469 g/mol. The Kier molecular flexibility index (Phi) is 6.50. The quantitative estimate of drug-likeness (QED) is 0.685. The van der Waals surface area contributed by atoms with E-state index in [1.165, 1.54) is 0 Å². The lowest BCUT2D eigenvalue weighted by Crippen LogP contribution is -2.46. The lowest BCUT2D eigenvalue weighted by Gasteiger charge is -2.33. The van der Waals surface area contributed by atoms with Crippen molar-refractivity contribution in [2.75, 3.05) is 32.7 Å². The van der Waals surface area contributed by atoms with Crippen molar-refractivity contribution >= 4 is 40.3 Å². The van der Waals surface area contributed by atoms with Gasteiger partial charge in [0.1, 0.15) is 0 Å². The molecule has 3 amide bonds. The molecule has 140 valence electrons. The number of rotatable bonds is 4. The van der Waals surface area contributed by atoms with Gasteiger partial charge >= 0.3 is 0 Å². The fourth-order valence-electron chi connectivity index (χ4n) is 3.58. The predicted octanol–water partition coefficient (Wildman–Crippen LogP) is 1.88. The largest absolute Gasteiger partial charge is 0.343 e. The highest BCUT2D eigenvalue weighted by Gasteiger charge is 2.31. The van der Waals surface area contributed by atoms with Crippen molar-refractivity contribution in [3.63, 3.8) is 0 Å². The summed E-state index contributed by atoms with van der Waals surface area (Å²) in [5.74, 6) is -0.0296. The highest BCUT2D eigenvalue weighted by molar-refractivity contribution is 14.1. The lowest BCUT2D eigenvalue weighted by atomic mass is 9.95. The first-order valence-corrected chi connectivity index (χ1v) is 10.2. The third-order valence-electron chi connectivity index (χ3n) is 5.13. The molecule has 0 unspecified atom stereocenters. The van der Waals surface area contributed by atoms with Gasteiger partial charge in [0.05, 0.1) is 12.1 Å². The van der Waals surface area contributed by atoms with E-state index in [9.17, 15) is 14.4 Å². The lowest BCUT2D eigenvalue weighted by molar-refractivity contribution is -0.139. The van der Waals surface area contributed by atoms with Crippen LogP contribution < -0.4 is 5.32 Å². The summed E-state index contributed by atoms with van der Waals surface area (Å²) < 4.78 is 0.858. The smallest absolute Gasteiger partial charge is 0.252 e. The van der Waals surface area contributed by atoms with E-state index in [1.807, 2.05) is 17.0 Å². The standard InChI is InChI=1S/C19H24IN3O3/c20-16-6-2-1-5-15(16)18(25)21-13-17(24)22-11-7-14(8-12-22)19(26)23-9-3-4-10-23/h1-2,5-6,14H,3-4,7-13H2,(H,21,25). The van der Waals surface area contributed by atoms with E-state index in [0.717, 1.165) is 29.5 Å². The summed E-state index contributed by atoms with van der Waals surface area (Å²) >= 11 is 2.11. The van der Waals surface area contributed by atoms with E-state index >= 15 is 0 Å². The molecule has 2 aliphatic heterocycles. The zero-order valence-electron chi connectivity index (χ0n) is 14.7. The topological polar surface area (TPSA) is 69.7 Å². The Balaban J connectivity index is 1.44. The first kappa shape index (κ1) is 19.1. The van der Waals surface area contributed by atoms with Gasteiger partial charge in [-0.05, 0) is 60.4 Å². The van der Waals surface area contributed by atoms with E-state index in [0.29, 0.717) is 31.5 Å². The highest BCUT2D eigenvalue weighted by Crippen LogP contribution is 2.22. The van der Waals surface area contributed by atoms with Crippen molar-refractivity contribution in [3.8, 4) is 0 Å². The zero-order valence-corrected chi connectivity index (χ0v) is 16.9. The molecular weight excluding hydrogens is 445 g/mol. The Morgan fingerprint density at radius 2 is 1.65 bits per heavy atom. The van der Waals surface area contributed by atoms with Crippen molar-refractivity contribution in [2.24, 2.45) is 5.92 Å². The fourth-order valence-corrected chi connectivity index (χ4v) is 4.21. The van der Waals surface area contributed by atoms with Crippen LogP contribution in [-0.2, 0) is 9.59 Å². The van der Waals surface area contributed by atoms with Crippen LogP contribution in [0.1, 0.15) is 36.0 Å². The van der Waals surface area contributed by atoms with Crippen molar-refractivity contribution in [1.29, 1.82) is 0 Å². The second-order valence-corrected chi connectivity index (χ2v) is 8.01. The van der Waals surface area contributed by atoms with Gasteiger partial charge < -0.3 is 15.1 Å². The molecule has 0 atom stereocenters. The fraction of sp³-hybridized carbons (Fsp3) is 0.526. The van der Waals surface area contributed by atoms with Gasteiger partial charge in [-0.1, -0.05) is 12.1 Å². The van der Waals surface area contributed by atoms with E-state index in [4.69, 9.17) is 0 Å². The number of likely N-dealkylation sites (tertiary alicyclic amines) is 2. The van der Waals surface area contributed by atoms with Crippen LogP contribution in [0.25, 0.3) is 0 Å². The number of hydrogen-bond acceptors (Lipinski definition) is 3. The molecule has 0 radical (unpaired) electrons. The number of carbonyl (C=O) groups excluding carboxylic acids is 3. The summed E-state index contributed by atoms with van der Waals surface area (Å²) in [5.41, 5.74) is 0.579. The summed E-state index contributed by atoms with van der Waals surface area (Å²) in [5, 5.41) is 2.71. The van der Waals surface area contributed by atoms with Crippen LogP contribution in [0.5, 0.6) is 0 Å². The van der Waals surface area contributed by atoms with Crippen LogP contribution in [0, 0.1) is 9.49 Å².